The van der Waals surface area contributed by atoms with E-state index in [4.69, 9.17) is 0 Å². The maximum absolute atomic E-state index is 12.3. The van der Waals surface area contributed by atoms with Crippen LogP contribution in [-0.4, -0.2) is 31.6 Å². The summed E-state index contributed by atoms with van der Waals surface area (Å²) in [7, 11) is 1.86. The molecule has 0 unspecified atom stereocenters. The number of rotatable bonds is 7. The van der Waals surface area contributed by atoms with Crippen LogP contribution in [0.4, 0.5) is 16.5 Å². The first-order valence-electron chi connectivity index (χ1n) is 8.97. The maximum Gasteiger partial charge on any atom is 0.234 e. The zero-order chi connectivity index (χ0) is 20.3. The zero-order valence-corrected chi connectivity index (χ0v) is 18.2. The first-order valence-corrected chi connectivity index (χ1v) is 10.8. The topological polar surface area (TPSA) is 84.7 Å². The Hall–Kier alpha value is -2.39. The highest BCUT2D eigenvalue weighted by Crippen LogP contribution is 2.28. The average Bonchev–Trinajstić information content (AvgIpc) is 3.20. The number of nitrogens with zero attached hydrogens (tertiary/aromatic N) is 4. The minimum absolute atomic E-state index is 0.0850. The fourth-order valence-corrected chi connectivity index (χ4v) is 4.22. The van der Waals surface area contributed by atoms with E-state index < -0.39 is 0 Å². The molecule has 0 aliphatic heterocycles. The van der Waals surface area contributed by atoms with Crippen molar-refractivity contribution in [3.05, 3.63) is 41.2 Å². The lowest BCUT2D eigenvalue weighted by molar-refractivity contribution is -0.113. The maximum atomic E-state index is 12.3. The lowest BCUT2D eigenvalue weighted by Crippen LogP contribution is -2.15. The number of carbonyl (C=O) groups excluding carboxylic acids is 1. The summed E-state index contributed by atoms with van der Waals surface area (Å²) in [6.07, 6.45) is 0. The smallest absolute Gasteiger partial charge is 0.234 e. The summed E-state index contributed by atoms with van der Waals surface area (Å²) in [5.74, 6) is 0.688. The first kappa shape index (κ1) is 20.3. The molecule has 0 fully saturated rings. The molecule has 0 aliphatic rings. The number of aromatic nitrogens is 4. The molecule has 9 heteroatoms. The summed E-state index contributed by atoms with van der Waals surface area (Å²) in [5, 5.41) is 19.5. The number of hydrogen-bond acceptors (Lipinski definition) is 7. The molecule has 3 aromatic rings. The molecule has 2 N–H and O–H groups in total. The molecule has 2 heterocycles. The third-order valence-electron chi connectivity index (χ3n) is 4.34. The lowest BCUT2D eigenvalue weighted by atomic mass is 10.0. The van der Waals surface area contributed by atoms with Crippen molar-refractivity contribution >= 4 is 45.5 Å². The molecule has 148 valence electrons. The van der Waals surface area contributed by atoms with Gasteiger partial charge in [-0.05, 0) is 37.5 Å². The Morgan fingerprint density at radius 2 is 1.93 bits per heavy atom. The van der Waals surface area contributed by atoms with Gasteiger partial charge >= 0.3 is 0 Å². The number of anilines is 3. The van der Waals surface area contributed by atoms with Crippen LogP contribution in [0.2, 0.25) is 0 Å². The van der Waals surface area contributed by atoms with Gasteiger partial charge in [-0.1, -0.05) is 49.1 Å². The lowest BCUT2D eigenvalue weighted by Gasteiger charge is -2.06. The highest BCUT2D eigenvalue weighted by atomic mass is 32.2. The minimum atomic E-state index is -0.0850. The van der Waals surface area contributed by atoms with Gasteiger partial charge in [0.2, 0.25) is 11.0 Å². The zero-order valence-electron chi connectivity index (χ0n) is 16.6. The van der Waals surface area contributed by atoms with Crippen LogP contribution in [0, 0.1) is 13.8 Å². The molecule has 3 rings (SSSR count). The van der Waals surface area contributed by atoms with Gasteiger partial charge in [0.05, 0.1) is 22.8 Å². The molecule has 1 amide bonds. The fourth-order valence-electron chi connectivity index (χ4n) is 2.65. The summed E-state index contributed by atoms with van der Waals surface area (Å²) in [4.78, 5) is 12.3. The minimum Gasteiger partial charge on any atom is -0.330 e. The van der Waals surface area contributed by atoms with Crippen molar-refractivity contribution in [3.8, 4) is 0 Å². The summed E-state index contributed by atoms with van der Waals surface area (Å²) in [5.41, 5.74) is 4.78. The molecule has 0 atom stereocenters. The number of thioether (sulfide) groups is 1. The normalized spacial score (nSPS) is 11.1. The Morgan fingerprint density at radius 1 is 1.21 bits per heavy atom. The van der Waals surface area contributed by atoms with E-state index in [9.17, 15) is 4.79 Å². The van der Waals surface area contributed by atoms with E-state index in [0.29, 0.717) is 11.0 Å². The van der Waals surface area contributed by atoms with Gasteiger partial charge in [-0.15, -0.1) is 10.2 Å². The Kier molecular flexibility index (Phi) is 6.35. The molecule has 0 spiro atoms. The van der Waals surface area contributed by atoms with Crippen molar-refractivity contribution in [2.24, 2.45) is 7.05 Å². The third kappa shape index (κ3) is 4.90. The second-order valence-corrected chi connectivity index (χ2v) is 8.98. The van der Waals surface area contributed by atoms with Crippen LogP contribution in [0.25, 0.3) is 0 Å². The van der Waals surface area contributed by atoms with Crippen molar-refractivity contribution in [2.45, 2.75) is 38.0 Å². The van der Waals surface area contributed by atoms with Crippen LogP contribution in [0.1, 0.15) is 36.7 Å². The van der Waals surface area contributed by atoms with E-state index >= 15 is 0 Å². The second-order valence-electron chi connectivity index (χ2n) is 6.78. The molecule has 0 aliphatic carbocycles. The van der Waals surface area contributed by atoms with Crippen LogP contribution in [-0.2, 0) is 11.8 Å². The molecule has 0 saturated heterocycles. The molecule has 0 radical (unpaired) electrons. The van der Waals surface area contributed by atoms with Crippen molar-refractivity contribution in [2.75, 3.05) is 16.4 Å². The van der Waals surface area contributed by atoms with Crippen molar-refractivity contribution in [1.29, 1.82) is 0 Å². The van der Waals surface area contributed by atoms with E-state index in [0.717, 1.165) is 27.1 Å². The Balaban J connectivity index is 1.53. The third-order valence-corrected chi connectivity index (χ3v) is 6.31. The molecule has 1 aromatic carbocycles. The van der Waals surface area contributed by atoms with Crippen molar-refractivity contribution in [3.63, 3.8) is 0 Å². The van der Waals surface area contributed by atoms with Crippen molar-refractivity contribution in [1.82, 2.24) is 20.0 Å². The Labute approximate surface area is 173 Å². The van der Waals surface area contributed by atoms with E-state index in [2.05, 4.69) is 51.9 Å². The largest absolute Gasteiger partial charge is 0.330 e. The van der Waals surface area contributed by atoms with Gasteiger partial charge in [0.1, 0.15) is 0 Å². The molecule has 28 heavy (non-hydrogen) atoms. The van der Waals surface area contributed by atoms with E-state index in [1.807, 2.05) is 33.0 Å². The fraction of sp³-hybridized carbons (Fsp3) is 0.368. The quantitative estimate of drug-likeness (QED) is 0.552. The summed E-state index contributed by atoms with van der Waals surface area (Å²) in [6, 6.07) is 8.29. The number of nitrogens with one attached hydrogen (secondary N) is 2. The van der Waals surface area contributed by atoms with Crippen LogP contribution in [0.5, 0.6) is 0 Å². The first-order chi connectivity index (χ1) is 13.3. The molecular formula is C19H24N6OS2. The predicted molar refractivity (Wildman–Crippen MR) is 116 cm³/mol. The van der Waals surface area contributed by atoms with E-state index in [-0.39, 0.29) is 11.7 Å². The van der Waals surface area contributed by atoms with Gasteiger partial charge in [0.15, 0.2) is 4.34 Å². The molecular weight excluding hydrogens is 392 g/mol. The van der Waals surface area contributed by atoms with Crippen LogP contribution in [0.15, 0.2) is 28.6 Å². The monoisotopic (exact) mass is 416 g/mol. The van der Waals surface area contributed by atoms with Gasteiger partial charge in [0.25, 0.3) is 0 Å². The number of hydrogen-bond donors (Lipinski definition) is 2. The van der Waals surface area contributed by atoms with Gasteiger partial charge in [-0.3, -0.25) is 9.48 Å². The summed E-state index contributed by atoms with van der Waals surface area (Å²) >= 11 is 2.80. The molecule has 2 aromatic heterocycles. The van der Waals surface area contributed by atoms with Crippen LogP contribution < -0.4 is 10.6 Å². The van der Waals surface area contributed by atoms with Crippen molar-refractivity contribution < 1.29 is 4.79 Å². The number of carbonyl (C=O) groups is 1. The highest BCUT2D eigenvalue weighted by Gasteiger charge is 2.14. The van der Waals surface area contributed by atoms with Crippen LogP contribution in [0.3, 0.4) is 0 Å². The van der Waals surface area contributed by atoms with E-state index in [1.54, 1.807) is 4.68 Å². The molecule has 7 nitrogen and oxygen atoms in total. The Morgan fingerprint density at radius 3 is 2.54 bits per heavy atom. The summed E-state index contributed by atoms with van der Waals surface area (Å²) < 4.78 is 2.50. The van der Waals surface area contributed by atoms with Gasteiger partial charge in [-0.2, -0.15) is 5.10 Å². The number of amides is 1. The molecule has 0 bridgehead atoms. The molecule has 0 saturated carbocycles. The van der Waals surface area contributed by atoms with Gasteiger partial charge in [-0.25, -0.2) is 0 Å². The van der Waals surface area contributed by atoms with Crippen LogP contribution >= 0.6 is 23.1 Å². The van der Waals surface area contributed by atoms with E-state index in [1.165, 1.54) is 28.7 Å². The second kappa shape index (κ2) is 8.74. The standard InChI is InChI=1S/C19H24N6OS2/c1-11(2)14-6-8-15(9-7-14)20-18-22-23-19(28-18)27-10-16(26)21-17-12(3)24-25(5)13(17)4/h6-9,11H,10H2,1-5H3,(H,20,22)(H,21,26). The van der Waals surface area contributed by atoms with Gasteiger partial charge in [0, 0.05) is 12.7 Å². The SMILES string of the molecule is Cc1nn(C)c(C)c1NC(=O)CSc1nnc(Nc2ccc(C(C)C)cc2)s1. The average molecular weight is 417 g/mol. The summed E-state index contributed by atoms with van der Waals surface area (Å²) in [6.45, 7) is 8.15. The number of aryl methyl sites for hydroxylation is 2. The van der Waals surface area contributed by atoms with Gasteiger partial charge < -0.3 is 10.6 Å². The Bertz CT molecular complexity index is 961. The predicted octanol–water partition coefficient (Wildman–Crippen LogP) is 4.49. The number of benzene rings is 1. The highest BCUT2D eigenvalue weighted by molar-refractivity contribution is 8.01.